The van der Waals surface area contributed by atoms with Crippen LogP contribution in [0, 0.1) is 24.5 Å². The molecular weight excluding hydrogens is 326 g/mol. The third-order valence-corrected chi connectivity index (χ3v) is 4.81. The number of hydrogen-bond acceptors (Lipinski definition) is 3. The normalized spacial score (nSPS) is 22.3. The van der Waals surface area contributed by atoms with Gasteiger partial charge in [0.15, 0.2) is 0 Å². The lowest BCUT2D eigenvalue weighted by Gasteiger charge is -2.29. The summed E-state index contributed by atoms with van der Waals surface area (Å²) in [5.41, 5.74) is 2.41. The highest BCUT2D eigenvalue weighted by molar-refractivity contribution is 5.82. The molecule has 1 aromatic heterocycles. The highest BCUT2D eigenvalue weighted by Gasteiger charge is 2.35. The first kappa shape index (κ1) is 15.9. The van der Waals surface area contributed by atoms with Crippen molar-refractivity contribution >= 4 is 12.1 Å². The van der Waals surface area contributed by atoms with Gasteiger partial charge < -0.3 is 0 Å². The lowest BCUT2D eigenvalue weighted by Crippen LogP contribution is -2.36. The van der Waals surface area contributed by atoms with E-state index in [1.807, 2.05) is 17.7 Å². The Hall–Kier alpha value is -2.57. The first-order valence-electron chi connectivity index (χ1n) is 8.36. The number of hydrazone groups is 1. The number of hydrogen-bond donors (Lipinski definition) is 0. The maximum Gasteiger partial charge on any atom is 0.246 e. The minimum absolute atomic E-state index is 0.103. The van der Waals surface area contributed by atoms with Crippen LogP contribution in [0.4, 0.5) is 8.78 Å². The van der Waals surface area contributed by atoms with Crippen LogP contribution in [0.3, 0.4) is 0 Å². The van der Waals surface area contributed by atoms with Crippen LogP contribution >= 0.6 is 0 Å². The van der Waals surface area contributed by atoms with Gasteiger partial charge in [-0.05, 0) is 37.1 Å². The molecule has 25 heavy (non-hydrogen) atoms. The molecule has 0 saturated carbocycles. The van der Waals surface area contributed by atoms with Crippen molar-refractivity contribution in [2.75, 3.05) is 0 Å². The van der Waals surface area contributed by atoms with Crippen molar-refractivity contribution in [2.45, 2.75) is 38.8 Å². The van der Waals surface area contributed by atoms with Crippen LogP contribution in [0.15, 0.2) is 29.4 Å². The first-order valence-corrected chi connectivity index (χ1v) is 8.36. The summed E-state index contributed by atoms with van der Waals surface area (Å²) in [7, 11) is 0. The number of amides is 1. The lowest BCUT2D eigenvalue weighted by molar-refractivity contribution is -0.138. The molecule has 1 aromatic carbocycles. The fraction of sp³-hybridized carbons (Fsp3) is 0.389. The van der Waals surface area contributed by atoms with Crippen LogP contribution in [-0.4, -0.2) is 26.9 Å². The Morgan fingerprint density at radius 3 is 2.72 bits per heavy atom. The molecule has 0 unspecified atom stereocenters. The zero-order valence-corrected chi connectivity index (χ0v) is 13.8. The van der Waals surface area contributed by atoms with Crippen molar-refractivity contribution in [3.8, 4) is 0 Å². The van der Waals surface area contributed by atoms with Crippen LogP contribution in [0.2, 0.25) is 0 Å². The van der Waals surface area contributed by atoms with Crippen LogP contribution in [-0.2, 0) is 17.8 Å². The number of halogens is 2. The van der Waals surface area contributed by atoms with Gasteiger partial charge in [-0.25, -0.2) is 13.8 Å². The van der Waals surface area contributed by atoms with E-state index >= 15 is 0 Å². The summed E-state index contributed by atoms with van der Waals surface area (Å²) in [6.45, 7) is 2.62. The summed E-state index contributed by atoms with van der Waals surface area (Å²) in [4.78, 5) is 13.0. The number of carbonyl (C=O) groups excluding carboxylic acids is 1. The summed E-state index contributed by atoms with van der Waals surface area (Å²) in [6, 6.07) is 4.90. The molecular formula is C18H18F2N4O. The molecule has 0 radical (unpaired) electrons. The molecule has 0 aliphatic carbocycles. The first-order chi connectivity index (χ1) is 12.0. The second-order valence-corrected chi connectivity index (χ2v) is 6.63. The summed E-state index contributed by atoms with van der Waals surface area (Å²) >= 11 is 0. The fourth-order valence-electron chi connectivity index (χ4n) is 3.66. The van der Waals surface area contributed by atoms with Gasteiger partial charge in [-0.1, -0.05) is 0 Å². The van der Waals surface area contributed by atoms with E-state index in [-0.39, 0.29) is 11.8 Å². The van der Waals surface area contributed by atoms with Crippen LogP contribution in [0.25, 0.3) is 0 Å². The Bertz CT molecular complexity index is 841. The van der Waals surface area contributed by atoms with E-state index in [1.165, 1.54) is 17.1 Å². The van der Waals surface area contributed by atoms with E-state index < -0.39 is 17.7 Å². The third-order valence-electron chi connectivity index (χ3n) is 4.81. The van der Waals surface area contributed by atoms with Crippen LogP contribution < -0.4 is 0 Å². The molecule has 0 N–H and O–H groups in total. The molecule has 0 bridgehead atoms. The van der Waals surface area contributed by atoms with Gasteiger partial charge >= 0.3 is 0 Å². The van der Waals surface area contributed by atoms with Crippen molar-refractivity contribution in [1.82, 2.24) is 14.8 Å². The van der Waals surface area contributed by atoms with Crippen molar-refractivity contribution in [2.24, 2.45) is 11.0 Å². The fourth-order valence-corrected chi connectivity index (χ4v) is 3.66. The monoisotopic (exact) mass is 344 g/mol. The van der Waals surface area contributed by atoms with Crippen molar-refractivity contribution in [3.63, 3.8) is 0 Å². The molecule has 1 amide bonds. The zero-order valence-electron chi connectivity index (χ0n) is 13.8. The average Bonchev–Trinajstić information content (AvgIpc) is 3.17. The summed E-state index contributed by atoms with van der Waals surface area (Å²) in [5.74, 6) is -1.59. The van der Waals surface area contributed by atoms with E-state index in [4.69, 9.17) is 0 Å². The van der Waals surface area contributed by atoms with Gasteiger partial charge in [0.2, 0.25) is 5.91 Å². The molecule has 3 heterocycles. The number of aromatic nitrogens is 2. The molecule has 0 spiro atoms. The number of benzene rings is 1. The molecule has 7 heteroatoms. The third kappa shape index (κ3) is 2.94. The molecule has 0 fully saturated rings. The second kappa shape index (κ2) is 6.06. The Morgan fingerprint density at radius 2 is 1.96 bits per heavy atom. The molecule has 4 rings (SSSR count). The molecule has 2 aromatic rings. The van der Waals surface area contributed by atoms with Gasteiger partial charge in [0.1, 0.15) is 11.6 Å². The Labute approximate surface area is 143 Å². The van der Waals surface area contributed by atoms with E-state index in [0.717, 1.165) is 17.5 Å². The second-order valence-electron chi connectivity index (χ2n) is 6.63. The summed E-state index contributed by atoms with van der Waals surface area (Å²) < 4.78 is 29.0. The molecule has 2 aliphatic heterocycles. The van der Waals surface area contributed by atoms with Crippen molar-refractivity contribution in [3.05, 3.63) is 52.9 Å². The number of fused-ring (bicyclic) bond motifs is 1. The minimum atomic E-state index is -0.647. The lowest BCUT2D eigenvalue weighted by atomic mass is 9.94. The van der Waals surface area contributed by atoms with Gasteiger partial charge in [-0.3, -0.25) is 9.48 Å². The standard InChI is InChI=1S/C18H18F2N4O/c1-11-6-16-9-12(3-5-23(16)22-11)18(25)24-17(2-4-21-24)13-7-14(19)10-15(20)8-13/h4,6-8,10,12,17H,2-3,5,9H2,1H3/t12-,17-/m1/s1. The van der Waals surface area contributed by atoms with E-state index in [0.29, 0.717) is 31.4 Å². The Balaban J connectivity index is 1.56. The van der Waals surface area contributed by atoms with Gasteiger partial charge in [-0.15, -0.1) is 0 Å². The number of nitrogens with zero attached hydrogens (tertiary/aromatic N) is 4. The SMILES string of the molecule is Cc1cc2n(n1)CC[C@@H](C(=O)N1N=CC[C@@H]1c1cc(F)cc(F)c1)C2. The predicted octanol–water partition coefficient (Wildman–Crippen LogP) is 2.99. The molecule has 0 saturated heterocycles. The number of aryl methyl sites for hydroxylation is 2. The molecule has 2 aliphatic rings. The van der Waals surface area contributed by atoms with Gasteiger partial charge in [-0.2, -0.15) is 10.2 Å². The van der Waals surface area contributed by atoms with Crippen LogP contribution in [0.1, 0.15) is 35.8 Å². The largest absolute Gasteiger partial charge is 0.273 e. The predicted molar refractivity (Wildman–Crippen MR) is 87.8 cm³/mol. The van der Waals surface area contributed by atoms with Gasteiger partial charge in [0.25, 0.3) is 0 Å². The van der Waals surface area contributed by atoms with E-state index in [2.05, 4.69) is 10.2 Å². The average molecular weight is 344 g/mol. The maximum absolute atomic E-state index is 13.5. The Kier molecular flexibility index (Phi) is 3.86. The zero-order chi connectivity index (χ0) is 17.6. The van der Waals surface area contributed by atoms with Crippen molar-refractivity contribution in [1.29, 1.82) is 0 Å². The summed E-state index contributed by atoms with van der Waals surface area (Å²) in [5, 5.41) is 9.97. The quantitative estimate of drug-likeness (QED) is 0.841. The highest BCUT2D eigenvalue weighted by atomic mass is 19.1. The molecule has 130 valence electrons. The molecule has 2 atom stereocenters. The van der Waals surface area contributed by atoms with Gasteiger partial charge in [0, 0.05) is 43.3 Å². The number of rotatable bonds is 2. The van der Waals surface area contributed by atoms with Crippen molar-refractivity contribution < 1.29 is 13.6 Å². The minimum Gasteiger partial charge on any atom is -0.273 e. The van der Waals surface area contributed by atoms with E-state index in [9.17, 15) is 13.6 Å². The van der Waals surface area contributed by atoms with E-state index in [1.54, 1.807) is 6.21 Å². The Morgan fingerprint density at radius 1 is 1.20 bits per heavy atom. The maximum atomic E-state index is 13.5. The van der Waals surface area contributed by atoms with Gasteiger partial charge in [0.05, 0.1) is 11.7 Å². The van der Waals surface area contributed by atoms with Crippen LogP contribution in [0.5, 0.6) is 0 Å². The smallest absolute Gasteiger partial charge is 0.246 e. The highest BCUT2D eigenvalue weighted by Crippen LogP contribution is 2.32. The topological polar surface area (TPSA) is 50.5 Å². The molecule has 5 nitrogen and oxygen atoms in total. The summed E-state index contributed by atoms with van der Waals surface area (Å²) in [6.07, 6.45) is 3.38. The number of carbonyl (C=O) groups is 1.